The van der Waals surface area contributed by atoms with Crippen molar-refractivity contribution in [2.45, 2.75) is 12.5 Å². The first-order valence-electron chi connectivity index (χ1n) is 6.59. The smallest absolute Gasteiger partial charge is 0.317 e. The van der Waals surface area contributed by atoms with Gasteiger partial charge in [0.15, 0.2) is 0 Å². The van der Waals surface area contributed by atoms with Gasteiger partial charge in [0.05, 0.1) is 12.7 Å². The van der Waals surface area contributed by atoms with Crippen LogP contribution in [0.1, 0.15) is 5.56 Å². The second-order valence-corrected chi connectivity index (χ2v) is 4.60. The summed E-state index contributed by atoms with van der Waals surface area (Å²) in [7, 11) is 0. The molecule has 1 saturated heterocycles. The number of carbonyl (C=O) groups is 1. The third-order valence-electron chi connectivity index (χ3n) is 3.13. The fourth-order valence-corrected chi connectivity index (χ4v) is 2.18. The van der Waals surface area contributed by atoms with Crippen LogP contribution >= 0.6 is 0 Å². The highest BCUT2D eigenvalue weighted by Crippen LogP contribution is 2.11. The van der Waals surface area contributed by atoms with Gasteiger partial charge in [-0.1, -0.05) is 36.4 Å². The SMILES string of the molecule is C=CCNC(=O)N1CCOC(Cc2ccccc2)C1. The molecule has 1 atom stereocenters. The summed E-state index contributed by atoms with van der Waals surface area (Å²) in [4.78, 5) is 13.7. The lowest BCUT2D eigenvalue weighted by molar-refractivity contribution is -0.0131. The lowest BCUT2D eigenvalue weighted by atomic mass is 10.1. The lowest BCUT2D eigenvalue weighted by Gasteiger charge is -2.33. The first-order chi connectivity index (χ1) is 9.29. The third-order valence-corrected chi connectivity index (χ3v) is 3.13. The molecule has 4 nitrogen and oxygen atoms in total. The van der Waals surface area contributed by atoms with Crippen molar-refractivity contribution >= 4 is 6.03 Å². The standard InChI is InChI=1S/C15H20N2O2/c1-2-8-16-15(18)17-9-10-19-14(12-17)11-13-6-4-3-5-7-13/h2-7,14H,1,8-12H2,(H,16,18). The van der Waals surface area contributed by atoms with Crippen LogP contribution in [-0.2, 0) is 11.2 Å². The van der Waals surface area contributed by atoms with Gasteiger partial charge in [-0.15, -0.1) is 6.58 Å². The van der Waals surface area contributed by atoms with E-state index < -0.39 is 0 Å². The Morgan fingerprint density at radius 3 is 3.00 bits per heavy atom. The molecule has 0 bridgehead atoms. The fourth-order valence-electron chi connectivity index (χ4n) is 2.18. The minimum Gasteiger partial charge on any atom is -0.374 e. The molecule has 0 spiro atoms. The molecule has 2 amide bonds. The summed E-state index contributed by atoms with van der Waals surface area (Å²) in [6, 6.07) is 10.2. The Kier molecular flexibility index (Phi) is 4.98. The monoisotopic (exact) mass is 260 g/mol. The van der Waals surface area contributed by atoms with Gasteiger partial charge in [-0.2, -0.15) is 0 Å². The van der Waals surface area contributed by atoms with E-state index in [4.69, 9.17) is 4.74 Å². The molecular weight excluding hydrogens is 240 g/mol. The average molecular weight is 260 g/mol. The quantitative estimate of drug-likeness (QED) is 0.839. The molecule has 1 aromatic carbocycles. The molecule has 102 valence electrons. The van der Waals surface area contributed by atoms with Crippen molar-refractivity contribution < 1.29 is 9.53 Å². The molecule has 0 aromatic heterocycles. The number of carbonyl (C=O) groups excluding carboxylic acids is 1. The second-order valence-electron chi connectivity index (χ2n) is 4.60. The molecule has 1 fully saturated rings. The molecule has 2 rings (SSSR count). The van der Waals surface area contributed by atoms with Crippen LogP contribution in [0.5, 0.6) is 0 Å². The van der Waals surface area contributed by atoms with E-state index in [0.717, 1.165) is 6.42 Å². The summed E-state index contributed by atoms with van der Waals surface area (Å²) in [6.45, 7) is 5.97. The van der Waals surface area contributed by atoms with Gasteiger partial charge in [-0.3, -0.25) is 0 Å². The Morgan fingerprint density at radius 2 is 2.26 bits per heavy atom. The molecule has 4 heteroatoms. The van der Waals surface area contributed by atoms with Crippen LogP contribution in [0.15, 0.2) is 43.0 Å². The first-order valence-corrected chi connectivity index (χ1v) is 6.59. The normalized spacial score (nSPS) is 18.9. The number of hydrogen-bond donors (Lipinski definition) is 1. The molecular formula is C15H20N2O2. The summed E-state index contributed by atoms with van der Waals surface area (Å²) < 4.78 is 5.72. The molecule has 1 heterocycles. The molecule has 1 aliphatic heterocycles. The van der Waals surface area contributed by atoms with Crippen molar-refractivity contribution in [2.75, 3.05) is 26.2 Å². The average Bonchev–Trinajstić information content (AvgIpc) is 2.46. The van der Waals surface area contributed by atoms with Crippen molar-refractivity contribution in [3.8, 4) is 0 Å². The topological polar surface area (TPSA) is 41.6 Å². The maximum absolute atomic E-state index is 11.9. The first kappa shape index (κ1) is 13.6. The van der Waals surface area contributed by atoms with E-state index in [9.17, 15) is 4.79 Å². The molecule has 1 aliphatic rings. The van der Waals surface area contributed by atoms with Gasteiger partial charge in [0.2, 0.25) is 0 Å². The number of urea groups is 1. The van der Waals surface area contributed by atoms with E-state index in [1.807, 2.05) is 18.2 Å². The number of benzene rings is 1. The lowest BCUT2D eigenvalue weighted by Crippen LogP contribution is -2.50. The van der Waals surface area contributed by atoms with Gasteiger partial charge < -0.3 is 15.0 Å². The summed E-state index contributed by atoms with van der Waals surface area (Å²) in [5.74, 6) is 0. The largest absolute Gasteiger partial charge is 0.374 e. The van der Waals surface area contributed by atoms with Crippen LogP contribution < -0.4 is 5.32 Å². The van der Waals surface area contributed by atoms with E-state index in [2.05, 4.69) is 24.0 Å². The Balaban J connectivity index is 1.86. The highest BCUT2D eigenvalue weighted by Gasteiger charge is 2.23. The Labute approximate surface area is 114 Å². The summed E-state index contributed by atoms with van der Waals surface area (Å²) in [5.41, 5.74) is 1.24. The number of amides is 2. The number of nitrogens with zero attached hydrogens (tertiary/aromatic N) is 1. The van der Waals surface area contributed by atoms with Gasteiger partial charge in [0.1, 0.15) is 0 Å². The van der Waals surface area contributed by atoms with Crippen molar-refractivity contribution in [2.24, 2.45) is 0 Å². The number of rotatable bonds is 4. The second kappa shape index (κ2) is 6.95. The van der Waals surface area contributed by atoms with Crippen LogP contribution in [0.4, 0.5) is 4.79 Å². The van der Waals surface area contributed by atoms with Gasteiger partial charge in [0, 0.05) is 26.1 Å². The van der Waals surface area contributed by atoms with E-state index in [1.54, 1.807) is 11.0 Å². The van der Waals surface area contributed by atoms with Crippen LogP contribution in [-0.4, -0.2) is 43.3 Å². The zero-order valence-corrected chi connectivity index (χ0v) is 11.0. The van der Waals surface area contributed by atoms with Crippen LogP contribution in [0.3, 0.4) is 0 Å². The van der Waals surface area contributed by atoms with E-state index >= 15 is 0 Å². The molecule has 0 saturated carbocycles. The highest BCUT2D eigenvalue weighted by molar-refractivity contribution is 5.74. The predicted octanol–water partition coefficient (Wildman–Crippen LogP) is 1.83. The third kappa shape index (κ3) is 4.10. The van der Waals surface area contributed by atoms with E-state index in [0.29, 0.717) is 26.2 Å². The summed E-state index contributed by atoms with van der Waals surface area (Å²) >= 11 is 0. The summed E-state index contributed by atoms with van der Waals surface area (Å²) in [6.07, 6.45) is 2.59. The zero-order valence-electron chi connectivity index (χ0n) is 11.0. The number of hydrogen-bond acceptors (Lipinski definition) is 2. The van der Waals surface area contributed by atoms with Crippen LogP contribution in [0.25, 0.3) is 0 Å². The van der Waals surface area contributed by atoms with Crippen molar-refractivity contribution in [1.82, 2.24) is 10.2 Å². The van der Waals surface area contributed by atoms with Gasteiger partial charge in [0.25, 0.3) is 0 Å². The molecule has 1 aromatic rings. The minimum atomic E-state index is -0.0405. The van der Waals surface area contributed by atoms with Crippen molar-refractivity contribution in [3.63, 3.8) is 0 Å². The number of morpholine rings is 1. The number of nitrogens with one attached hydrogen (secondary N) is 1. The Hall–Kier alpha value is -1.81. The van der Waals surface area contributed by atoms with E-state index in [1.165, 1.54) is 5.56 Å². The zero-order chi connectivity index (χ0) is 13.5. The highest BCUT2D eigenvalue weighted by atomic mass is 16.5. The molecule has 1 unspecified atom stereocenters. The minimum absolute atomic E-state index is 0.0405. The maximum atomic E-state index is 11.9. The molecule has 19 heavy (non-hydrogen) atoms. The van der Waals surface area contributed by atoms with Gasteiger partial charge in [-0.05, 0) is 5.56 Å². The predicted molar refractivity (Wildman–Crippen MR) is 75.1 cm³/mol. The van der Waals surface area contributed by atoms with Crippen molar-refractivity contribution in [1.29, 1.82) is 0 Å². The van der Waals surface area contributed by atoms with Crippen LogP contribution in [0, 0.1) is 0 Å². The maximum Gasteiger partial charge on any atom is 0.317 e. The number of ether oxygens (including phenoxy) is 1. The molecule has 1 N–H and O–H groups in total. The van der Waals surface area contributed by atoms with Crippen LogP contribution in [0.2, 0.25) is 0 Å². The Morgan fingerprint density at radius 1 is 1.47 bits per heavy atom. The van der Waals surface area contributed by atoms with Crippen molar-refractivity contribution in [3.05, 3.63) is 48.6 Å². The molecule has 0 aliphatic carbocycles. The molecule has 0 radical (unpaired) electrons. The van der Waals surface area contributed by atoms with E-state index in [-0.39, 0.29) is 12.1 Å². The summed E-state index contributed by atoms with van der Waals surface area (Å²) in [5, 5.41) is 2.80. The Bertz CT molecular complexity index is 419. The van der Waals surface area contributed by atoms with Gasteiger partial charge >= 0.3 is 6.03 Å². The van der Waals surface area contributed by atoms with Gasteiger partial charge in [-0.25, -0.2) is 4.79 Å². The fraction of sp³-hybridized carbons (Fsp3) is 0.400.